The van der Waals surface area contributed by atoms with Crippen LogP contribution in [0.3, 0.4) is 0 Å². The molecule has 0 spiro atoms. The maximum absolute atomic E-state index is 12.2. The van der Waals surface area contributed by atoms with Crippen molar-refractivity contribution >= 4 is 55.7 Å². The highest BCUT2D eigenvalue weighted by molar-refractivity contribution is 9.10. The van der Waals surface area contributed by atoms with E-state index in [-0.39, 0.29) is 11.4 Å². The summed E-state index contributed by atoms with van der Waals surface area (Å²) in [5.74, 6) is 0.396. The van der Waals surface area contributed by atoms with E-state index in [4.69, 9.17) is 9.83 Å². The minimum Gasteiger partial charge on any atom is -0.450 e. The van der Waals surface area contributed by atoms with Crippen molar-refractivity contribution in [2.24, 2.45) is 16.0 Å². The number of carbonyl (C=O) groups excluding carboxylic acids is 1. The fourth-order valence-electron chi connectivity index (χ4n) is 2.36. The Morgan fingerprint density at radius 3 is 2.78 bits per heavy atom. The predicted octanol–water partition coefficient (Wildman–Crippen LogP) is 4.10. The molecule has 8 heteroatoms. The van der Waals surface area contributed by atoms with Gasteiger partial charge in [0, 0.05) is 5.92 Å². The molecule has 2 aliphatic rings. The maximum Gasteiger partial charge on any atom is 0.283 e. The first-order valence-corrected chi connectivity index (χ1v) is 8.89. The fraction of sp³-hybridized carbons (Fsp3) is 0.333. The Hall–Kier alpha value is -1.67. The average Bonchev–Trinajstić information content (AvgIpc) is 3.11. The summed E-state index contributed by atoms with van der Waals surface area (Å²) in [6, 6.07) is 3.45. The van der Waals surface area contributed by atoms with Gasteiger partial charge in [0.15, 0.2) is 10.5 Å². The van der Waals surface area contributed by atoms with E-state index in [1.54, 1.807) is 12.1 Å². The lowest BCUT2D eigenvalue weighted by molar-refractivity contribution is -0.114. The molecule has 0 unspecified atom stereocenters. The number of thioether (sulfide) groups is 1. The first-order valence-electron chi connectivity index (χ1n) is 7.29. The minimum absolute atomic E-state index is 0.0287. The van der Waals surface area contributed by atoms with Gasteiger partial charge in [0.25, 0.3) is 5.91 Å². The number of furan rings is 1. The Morgan fingerprint density at radius 2 is 2.17 bits per heavy atom. The number of hydrogen-bond donors (Lipinski definition) is 1. The van der Waals surface area contributed by atoms with Crippen LogP contribution in [0.25, 0.3) is 6.08 Å². The molecular weight excluding hydrogens is 380 g/mol. The minimum atomic E-state index is -0.442. The Labute approximate surface area is 146 Å². The van der Waals surface area contributed by atoms with E-state index in [0.29, 0.717) is 21.5 Å². The van der Waals surface area contributed by atoms with Gasteiger partial charge in [-0.2, -0.15) is 15.1 Å². The number of amides is 1. The van der Waals surface area contributed by atoms with Gasteiger partial charge < -0.3 is 4.42 Å². The second-order valence-corrected chi connectivity index (χ2v) is 6.88. The lowest BCUT2D eigenvalue weighted by Crippen LogP contribution is -2.35. The van der Waals surface area contributed by atoms with Crippen LogP contribution in [0.4, 0.5) is 0 Å². The number of fused-ring (bicyclic) bond motifs is 1. The zero-order valence-electron chi connectivity index (χ0n) is 12.7. The summed E-state index contributed by atoms with van der Waals surface area (Å²) in [5, 5.41) is 15.6. The first kappa shape index (κ1) is 16.2. The van der Waals surface area contributed by atoms with Crippen molar-refractivity contribution in [1.29, 1.82) is 5.41 Å². The number of hydrogen-bond acceptors (Lipinski definition) is 5. The SMILES string of the molecule is CCC(CC)C1=NN2C(=N)/C(=C/c3ccc(Br)o3)C(=O)N=C2S1. The molecule has 0 saturated heterocycles. The number of nitrogens with one attached hydrogen (secondary N) is 1. The van der Waals surface area contributed by atoms with E-state index in [1.165, 1.54) is 22.8 Å². The normalized spacial score (nSPS) is 19.5. The van der Waals surface area contributed by atoms with Crippen LogP contribution in [0.1, 0.15) is 32.4 Å². The summed E-state index contributed by atoms with van der Waals surface area (Å²) >= 11 is 4.59. The van der Waals surface area contributed by atoms with Crippen molar-refractivity contribution in [3.8, 4) is 0 Å². The molecule has 3 heterocycles. The van der Waals surface area contributed by atoms with E-state index in [0.717, 1.165) is 17.9 Å². The molecule has 6 nitrogen and oxygen atoms in total. The van der Waals surface area contributed by atoms with E-state index in [2.05, 4.69) is 39.9 Å². The van der Waals surface area contributed by atoms with E-state index >= 15 is 0 Å². The highest BCUT2D eigenvalue weighted by Crippen LogP contribution is 2.33. The zero-order valence-corrected chi connectivity index (χ0v) is 15.1. The third-order valence-electron chi connectivity index (χ3n) is 3.69. The van der Waals surface area contributed by atoms with Crippen LogP contribution in [0.15, 0.2) is 36.9 Å². The van der Waals surface area contributed by atoms with Gasteiger partial charge in [0.2, 0.25) is 5.17 Å². The molecule has 0 fully saturated rings. The number of nitrogens with zero attached hydrogens (tertiary/aromatic N) is 3. The van der Waals surface area contributed by atoms with E-state index in [1.807, 2.05) is 0 Å². The molecule has 0 aliphatic carbocycles. The largest absolute Gasteiger partial charge is 0.450 e. The van der Waals surface area contributed by atoms with Gasteiger partial charge in [-0.3, -0.25) is 10.2 Å². The fourth-order valence-corrected chi connectivity index (χ4v) is 3.83. The van der Waals surface area contributed by atoms with Crippen LogP contribution < -0.4 is 0 Å². The quantitative estimate of drug-likeness (QED) is 0.779. The van der Waals surface area contributed by atoms with Crippen LogP contribution in [-0.4, -0.2) is 27.0 Å². The number of halogens is 1. The van der Waals surface area contributed by atoms with Gasteiger partial charge in [0.1, 0.15) is 10.8 Å². The summed E-state index contributed by atoms with van der Waals surface area (Å²) in [6.07, 6.45) is 3.45. The molecule has 0 atom stereocenters. The van der Waals surface area contributed by atoms with Crippen LogP contribution >= 0.6 is 27.7 Å². The van der Waals surface area contributed by atoms with Gasteiger partial charge in [-0.15, -0.1) is 0 Å². The molecule has 0 bridgehead atoms. The first-order chi connectivity index (χ1) is 11.0. The molecule has 120 valence electrons. The van der Waals surface area contributed by atoms with Gasteiger partial charge in [-0.05, 0) is 58.7 Å². The van der Waals surface area contributed by atoms with Gasteiger partial charge >= 0.3 is 0 Å². The molecule has 0 radical (unpaired) electrons. The second kappa shape index (κ2) is 6.45. The summed E-state index contributed by atoms with van der Waals surface area (Å²) in [7, 11) is 0. The number of hydrazone groups is 1. The van der Waals surface area contributed by atoms with Gasteiger partial charge in [0.05, 0.1) is 5.57 Å². The smallest absolute Gasteiger partial charge is 0.283 e. The maximum atomic E-state index is 12.2. The van der Waals surface area contributed by atoms with Crippen molar-refractivity contribution < 1.29 is 9.21 Å². The molecule has 23 heavy (non-hydrogen) atoms. The van der Waals surface area contributed by atoms with Crippen molar-refractivity contribution in [2.45, 2.75) is 26.7 Å². The third-order valence-corrected chi connectivity index (χ3v) is 5.18. The monoisotopic (exact) mass is 394 g/mol. The molecule has 1 N–H and O–H groups in total. The van der Waals surface area contributed by atoms with E-state index < -0.39 is 5.91 Å². The van der Waals surface area contributed by atoms with Crippen molar-refractivity contribution in [1.82, 2.24) is 5.01 Å². The molecule has 3 rings (SSSR count). The lowest BCUT2D eigenvalue weighted by Gasteiger charge is -2.19. The van der Waals surface area contributed by atoms with Crippen LogP contribution in [0, 0.1) is 11.3 Å². The Morgan fingerprint density at radius 1 is 1.43 bits per heavy atom. The molecule has 1 aromatic heterocycles. The van der Waals surface area contributed by atoms with Crippen LogP contribution in [0.2, 0.25) is 0 Å². The summed E-state index contributed by atoms with van der Waals surface area (Å²) in [4.78, 5) is 16.3. The molecular formula is C15H15BrN4O2S. The highest BCUT2D eigenvalue weighted by atomic mass is 79.9. The Kier molecular flexibility index (Phi) is 4.54. The number of aliphatic imine (C=N–C) groups is 1. The Bertz CT molecular complexity index is 761. The highest BCUT2D eigenvalue weighted by Gasteiger charge is 2.37. The summed E-state index contributed by atoms with van der Waals surface area (Å²) < 4.78 is 5.94. The Balaban J connectivity index is 1.93. The predicted molar refractivity (Wildman–Crippen MR) is 95.5 cm³/mol. The summed E-state index contributed by atoms with van der Waals surface area (Å²) in [6.45, 7) is 4.21. The van der Waals surface area contributed by atoms with E-state index in [9.17, 15) is 4.79 Å². The second-order valence-electron chi connectivity index (χ2n) is 5.11. The van der Waals surface area contributed by atoms with Crippen molar-refractivity contribution in [3.63, 3.8) is 0 Å². The molecule has 1 amide bonds. The van der Waals surface area contributed by atoms with Gasteiger partial charge in [-0.1, -0.05) is 13.8 Å². The molecule has 2 aliphatic heterocycles. The molecule has 1 aromatic rings. The number of carbonyl (C=O) groups is 1. The lowest BCUT2D eigenvalue weighted by atomic mass is 10.1. The topological polar surface area (TPSA) is 82.0 Å². The summed E-state index contributed by atoms with van der Waals surface area (Å²) in [5.41, 5.74) is 0.172. The number of amidine groups is 2. The van der Waals surface area contributed by atoms with Crippen LogP contribution in [-0.2, 0) is 4.79 Å². The number of rotatable bonds is 4. The third kappa shape index (κ3) is 3.05. The van der Waals surface area contributed by atoms with Crippen molar-refractivity contribution in [2.75, 3.05) is 0 Å². The van der Waals surface area contributed by atoms with Crippen LogP contribution in [0.5, 0.6) is 0 Å². The standard InChI is InChI=1S/C15H15BrN4O2S/c1-3-8(4-2)14-19-20-12(17)10(13(21)18-15(20)23-14)7-9-5-6-11(16)22-9/h5-8,17H,3-4H2,1-2H3/b10-7-,17-12?. The van der Waals surface area contributed by atoms with Crippen molar-refractivity contribution in [3.05, 3.63) is 28.1 Å². The molecule has 0 saturated carbocycles. The molecule has 0 aromatic carbocycles. The van der Waals surface area contributed by atoms with Gasteiger partial charge in [-0.25, -0.2) is 0 Å². The zero-order chi connectivity index (χ0) is 16.6. The average molecular weight is 395 g/mol.